The fourth-order valence-corrected chi connectivity index (χ4v) is 2.09. The van der Waals surface area contributed by atoms with Gasteiger partial charge in [-0.1, -0.05) is 23.7 Å². The van der Waals surface area contributed by atoms with E-state index in [0.29, 0.717) is 22.4 Å². The number of halogens is 3. The van der Waals surface area contributed by atoms with Gasteiger partial charge in [0.05, 0.1) is 11.1 Å². The molecule has 0 radical (unpaired) electrons. The minimum Gasteiger partial charge on any atom is -0.453 e. The van der Waals surface area contributed by atoms with Crippen molar-refractivity contribution in [3.05, 3.63) is 57.2 Å². The molecule has 0 saturated heterocycles. The lowest BCUT2D eigenvalue weighted by molar-refractivity contribution is 0.447. The summed E-state index contributed by atoms with van der Waals surface area (Å²) in [5.74, 6) is 0.203. The fraction of sp³-hybridized carbons (Fsp3) is 0.167. The largest absolute Gasteiger partial charge is 0.453 e. The van der Waals surface area contributed by atoms with Crippen LogP contribution in [0.15, 0.2) is 39.4 Å². The van der Waals surface area contributed by atoms with Gasteiger partial charge in [0.1, 0.15) is 11.6 Å². The van der Waals surface area contributed by atoms with Gasteiger partial charge >= 0.3 is 0 Å². The molecule has 0 amide bonds. The lowest BCUT2D eigenvalue weighted by Gasteiger charge is -2.10. The van der Waals surface area contributed by atoms with Gasteiger partial charge in [-0.2, -0.15) is 0 Å². The molecule has 2 rings (SSSR count). The van der Waals surface area contributed by atoms with E-state index in [4.69, 9.17) is 21.8 Å². The molecule has 90 valence electrons. The van der Waals surface area contributed by atoms with E-state index in [1.165, 1.54) is 6.07 Å². The Morgan fingerprint density at radius 1 is 1.35 bits per heavy atom. The van der Waals surface area contributed by atoms with Crippen molar-refractivity contribution in [2.45, 2.75) is 12.5 Å². The third-order valence-corrected chi connectivity index (χ3v) is 3.28. The van der Waals surface area contributed by atoms with E-state index in [-0.39, 0.29) is 11.1 Å². The number of hydrogen-bond acceptors (Lipinski definition) is 2. The molecule has 2 aromatic rings. The molecule has 1 aromatic heterocycles. The second kappa shape index (κ2) is 5.21. The summed E-state index contributed by atoms with van der Waals surface area (Å²) in [6, 6.07) is 7.89. The minimum atomic E-state index is -0.433. The SMILES string of the molecule is NC(Cc1cccc(F)c1Cl)c1ccc(Br)o1. The summed E-state index contributed by atoms with van der Waals surface area (Å²) in [5, 5.41) is 0.119. The maximum atomic E-state index is 13.2. The molecule has 1 atom stereocenters. The molecule has 0 fully saturated rings. The lowest BCUT2D eigenvalue weighted by atomic mass is 10.0. The van der Waals surface area contributed by atoms with E-state index in [1.54, 1.807) is 24.3 Å². The zero-order chi connectivity index (χ0) is 12.4. The third-order valence-electron chi connectivity index (χ3n) is 2.43. The zero-order valence-corrected chi connectivity index (χ0v) is 11.1. The topological polar surface area (TPSA) is 39.2 Å². The maximum Gasteiger partial charge on any atom is 0.169 e. The van der Waals surface area contributed by atoms with Crippen LogP contribution in [0, 0.1) is 5.82 Å². The highest BCUT2D eigenvalue weighted by Gasteiger charge is 2.14. The van der Waals surface area contributed by atoms with E-state index in [0.717, 1.165) is 0 Å². The minimum absolute atomic E-state index is 0.119. The van der Waals surface area contributed by atoms with Crippen molar-refractivity contribution in [1.29, 1.82) is 0 Å². The average Bonchev–Trinajstić information content (AvgIpc) is 2.72. The first-order chi connectivity index (χ1) is 8.08. The lowest BCUT2D eigenvalue weighted by Crippen LogP contribution is -2.12. The van der Waals surface area contributed by atoms with E-state index >= 15 is 0 Å². The van der Waals surface area contributed by atoms with Gasteiger partial charge in [0, 0.05) is 0 Å². The van der Waals surface area contributed by atoms with Crippen molar-refractivity contribution >= 4 is 27.5 Å². The van der Waals surface area contributed by atoms with Gasteiger partial charge in [-0.15, -0.1) is 0 Å². The monoisotopic (exact) mass is 317 g/mol. The van der Waals surface area contributed by atoms with E-state index in [2.05, 4.69) is 15.9 Å². The fourth-order valence-electron chi connectivity index (χ4n) is 1.57. The molecule has 0 bridgehead atoms. The van der Waals surface area contributed by atoms with Crippen LogP contribution in [0.3, 0.4) is 0 Å². The van der Waals surface area contributed by atoms with Gasteiger partial charge < -0.3 is 10.2 Å². The smallest absolute Gasteiger partial charge is 0.169 e. The van der Waals surface area contributed by atoms with Crippen LogP contribution in [-0.4, -0.2) is 0 Å². The Hall–Kier alpha value is -0.840. The molecule has 0 aliphatic rings. The molecule has 5 heteroatoms. The zero-order valence-electron chi connectivity index (χ0n) is 8.79. The predicted molar refractivity (Wildman–Crippen MR) is 68.5 cm³/mol. The Bertz CT molecular complexity index is 529. The second-order valence-electron chi connectivity index (χ2n) is 3.67. The summed E-state index contributed by atoms with van der Waals surface area (Å²) < 4.78 is 19.2. The van der Waals surface area contributed by atoms with E-state index in [9.17, 15) is 4.39 Å². The molecule has 1 heterocycles. The van der Waals surface area contributed by atoms with Crippen LogP contribution in [0.5, 0.6) is 0 Å². The molecule has 0 aliphatic carbocycles. The summed E-state index contributed by atoms with van der Waals surface area (Å²) >= 11 is 9.06. The van der Waals surface area contributed by atoms with Crippen molar-refractivity contribution in [2.24, 2.45) is 5.73 Å². The highest BCUT2D eigenvalue weighted by atomic mass is 79.9. The molecule has 0 aliphatic heterocycles. The standard InChI is InChI=1S/C12H10BrClFNO/c13-11-5-4-10(17-11)9(16)6-7-2-1-3-8(15)12(7)14/h1-5,9H,6,16H2. The predicted octanol–water partition coefficient (Wildman–Crippen LogP) is 4.08. The van der Waals surface area contributed by atoms with Crippen LogP contribution in [-0.2, 0) is 6.42 Å². The first-order valence-electron chi connectivity index (χ1n) is 5.01. The Morgan fingerprint density at radius 2 is 2.12 bits per heavy atom. The molecule has 2 nitrogen and oxygen atoms in total. The Balaban J connectivity index is 2.18. The quantitative estimate of drug-likeness (QED) is 0.926. The Labute approximate surface area is 112 Å². The summed E-state index contributed by atoms with van der Waals surface area (Å²) in [7, 11) is 0. The van der Waals surface area contributed by atoms with Crippen LogP contribution in [0.25, 0.3) is 0 Å². The molecular weight excluding hydrogens is 308 g/mol. The highest BCUT2D eigenvalue weighted by molar-refractivity contribution is 9.10. The van der Waals surface area contributed by atoms with Crippen molar-refractivity contribution < 1.29 is 8.81 Å². The van der Waals surface area contributed by atoms with E-state index in [1.807, 2.05) is 0 Å². The molecule has 1 unspecified atom stereocenters. The number of benzene rings is 1. The third kappa shape index (κ3) is 2.89. The Kier molecular flexibility index (Phi) is 3.86. The summed E-state index contributed by atoms with van der Waals surface area (Å²) in [5.41, 5.74) is 6.64. The number of hydrogen-bond donors (Lipinski definition) is 1. The summed E-state index contributed by atoms with van der Waals surface area (Å²) in [4.78, 5) is 0. The van der Waals surface area contributed by atoms with Gasteiger partial charge in [0.25, 0.3) is 0 Å². The van der Waals surface area contributed by atoms with Crippen LogP contribution < -0.4 is 5.73 Å². The van der Waals surface area contributed by atoms with Crippen LogP contribution in [0.4, 0.5) is 4.39 Å². The first-order valence-corrected chi connectivity index (χ1v) is 6.18. The van der Waals surface area contributed by atoms with Gasteiger partial charge in [-0.3, -0.25) is 0 Å². The van der Waals surface area contributed by atoms with Gasteiger partial charge in [0.15, 0.2) is 4.67 Å². The van der Waals surface area contributed by atoms with Crippen molar-refractivity contribution in [3.8, 4) is 0 Å². The number of nitrogens with two attached hydrogens (primary N) is 1. The van der Waals surface area contributed by atoms with Crippen molar-refractivity contribution in [2.75, 3.05) is 0 Å². The van der Waals surface area contributed by atoms with Crippen molar-refractivity contribution in [1.82, 2.24) is 0 Å². The second-order valence-corrected chi connectivity index (χ2v) is 4.82. The number of furan rings is 1. The molecular formula is C12H10BrClFNO. The number of rotatable bonds is 3. The van der Waals surface area contributed by atoms with Gasteiger partial charge in [-0.05, 0) is 46.1 Å². The molecule has 2 N–H and O–H groups in total. The van der Waals surface area contributed by atoms with E-state index < -0.39 is 5.82 Å². The summed E-state index contributed by atoms with van der Waals surface area (Å²) in [6.07, 6.45) is 0.427. The Morgan fingerprint density at radius 3 is 2.76 bits per heavy atom. The summed E-state index contributed by atoms with van der Waals surface area (Å²) in [6.45, 7) is 0. The first kappa shape index (κ1) is 12.6. The van der Waals surface area contributed by atoms with Gasteiger partial charge in [-0.25, -0.2) is 4.39 Å². The normalized spacial score (nSPS) is 12.7. The molecule has 0 saturated carbocycles. The molecule has 0 spiro atoms. The maximum absolute atomic E-state index is 13.2. The molecule has 17 heavy (non-hydrogen) atoms. The average molecular weight is 319 g/mol. The highest BCUT2D eigenvalue weighted by Crippen LogP contribution is 2.26. The molecule has 1 aromatic carbocycles. The van der Waals surface area contributed by atoms with Crippen LogP contribution in [0.2, 0.25) is 5.02 Å². The van der Waals surface area contributed by atoms with Crippen molar-refractivity contribution in [3.63, 3.8) is 0 Å². The van der Waals surface area contributed by atoms with Crippen LogP contribution in [0.1, 0.15) is 17.4 Å². The van der Waals surface area contributed by atoms with Gasteiger partial charge in [0.2, 0.25) is 0 Å². The van der Waals surface area contributed by atoms with Crippen LogP contribution >= 0.6 is 27.5 Å².